The second kappa shape index (κ2) is 4.62. The summed E-state index contributed by atoms with van der Waals surface area (Å²) in [6.07, 6.45) is 1.52. The van der Waals surface area contributed by atoms with Gasteiger partial charge in [0.05, 0.1) is 6.54 Å². The highest BCUT2D eigenvalue weighted by Crippen LogP contribution is 2.21. The number of halogens is 1. The first-order valence-electron chi connectivity index (χ1n) is 5.38. The Bertz CT molecular complexity index is 633. The van der Waals surface area contributed by atoms with E-state index < -0.39 is 0 Å². The first-order chi connectivity index (χ1) is 8.84. The molecular weight excluding hydrogens is 252 g/mol. The lowest BCUT2D eigenvalue weighted by molar-refractivity contribution is 0.410. The van der Waals surface area contributed by atoms with Gasteiger partial charge in [0.2, 0.25) is 5.28 Å². The van der Waals surface area contributed by atoms with Crippen molar-refractivity contribution in [2.75, 3.05) is 0 Å². The summed E-state index contributed by atoms with van der Waals surface area (Å²) in [5, 5.41) is 12.2. The van der Waals surface area contributed by atoms with E-state index in [0.29, 0.717) is 17.7 Å². The summed E-state index contributed by atoms with van der Waals surface area (Å²) in [7, 11) is 0. The van der Waals surface area contributed by atoms with E-state index in [1.807, 2.05) is 30.3 Å². The lowest BCUT2D eigenvalue weighted by Crippen LogP contribution is -2.02. The molecular formula is C12H9ClN4O. The van der Waals surface area contributed by atoms with Crippen LogP contribution in [0.4, 0.5) is 0 Å². The van der Waals surface area contributed by atoms with E-state index in [9.17, 15) is 0 Å². The minimum Gasteiger partial charge on any atom is -0.364 e. The van der Waals surface area contributed by atoms with Gasteiger partial charge in [-0.2, -0.15) is 0 Å². The van der Waals surface area contributed by atoms with Crippen molar-refractivity contribution < 1.29 is 4.52 Å². The largest absolute Gasteiger partial charge is 0.364 e. The molecule has 0 bridgehead atoms. The van der Waals surface area contributed by atoms with Crippen molar-refractivity contribution in [1.82, 2.24) is 19.9 Å². The Labute approximate surface area is 108 Å². The fraction of sp³-hybridized carbons (Fsp3) is 0.0833. The molecule has 0 aliphatic heterocycles. The molecule has 1 aromatic carbocycles. The molecule has 0 atom stereocenters. The molecule has 0 aliphatic carbocycles. The third-order valence-corrected chi connectivity index (χ3v) is 2.83. The van der Waals surface area contributed by atoms with E-state index in [1.54, 1.807) is 10.6 Å². The van der Waals surface area contributed by atoms with Crippen LogP contribution in [0.25, 0.3) is 11.4 Å². The average molecular weight is 261 g/mol. The molecule has 0 radical (unpaired) electrons. The van der Waals surface area contributed by atoms with Gasteiger partial charge in [0, 0.05) is 11.6 Å². The summed E-state index contributed by atoms with van der Waals surface area (Å²) in [6, 6.07) is 11.5. The molecule has 0 saturated heterocycles. The van der Waals surface area contributed by atoms with Crippen LogP contribution in [0.3, 0.4) is 0 Å². The fourth-order valence-electron chi connectivity index (χ4n) is 1.71. The van der Waals surface area contributed by atoms with Crippen LogP contribution in [-0.4, -0.2) is 19.9 Å². The second-order valence-electron chi connectivity index (χ2n) is 3.74. The minimum atomic E-state index is 0.330. The Balaban J connectivity index is 2.02. The molecule has 0 N–H and O–H groups in total. The average Bonchev–Trinajstić information content (AvgIpc) is 3.03. The Morgan fingerprint density at radius 3 is 2.67 bits per heavy atom. The molecule has 0 amide bonds. The summed E-state index contributed by atoms with van der Waals surface area (Å²) in [6.45, 7) is 0.479. The lowest BCUT2D eigenvalue weighted by Gasteiger charge is -2.05. The summed E-state index contributed by atoms with van der Waals surface area (Å²) < 4.78 is 6.59. The molecule has 0 spiro atoms. The molecule has 6 heteroatoms. The van der Waals surface area contributed by atoms with Gasteiger partial charge in [-0.1, -0.05) is 35.5 Å². The van der Waals surface area contributed by atoms with Crippen LogP contribution < -0.4 is 0 Å². The van der Waals surface area contributed by atoms with Gasteiger partial charge in [-0.3, -0.25) is 4.57 Å². The minimum absolute atomic E-state index is 0.330. The third-order valence-electron chi connectivity index (χ3n) is 2.55. The Morgan fingerprint density at radius 2 is 1.94 bits per heavy atom. The molecule has 5 nitrogen and oxygen atoms in total. The number of hydrogen-bond donors (Lipinski definition) is 0. The topological polar surface area (TPSA) is 56.7 Å². The summed E-state index contributed by atoms with van der Waals surface area (Å²) >= 11 is 6.04. The van der Waals surface area contributed by atoms with Crippen LogP contribution in [0, 0.1) is 0 Å². The predicted molar refractivity (Wildman–Crippen MR) is 66.1 cm³/mol. The predicted octanol–water partition coefficient (Wildman–Crippen LogP) is 2.63. The number of hydrogen-bond acceptors (Lipinski definition) is 4. The third kappa shape index (κ3) is 2.00. The molecule has 18 heavy (non-hydrogen) atoms. The molecule has 3 rings (SSSR count). The molecule has 2 aromatic heterocycles. The maximum Gasteiger partial charge on any atom is 0.225 e. The highest BCUT2D eigenvalue weighted by atomic mass is 35.5. The Morgan fingerprint density at radius 1 is 1.11 bits per heavy atom. The van der Waals surface area contributed by atoms with Crippen molar-refractivity contribution in [2.45, 2.75) is 6.54 Å². The van der Waals surface area contributed by atoms with E-state index in [4.69, 9.17) is 16.1 Å². The van der Waals surface area contributed by atoms with Crippen LogP contribution in [0.5, 0.6) is 0 Å². The van der Waals surface area contributed by atoms with Crippen molar-refractivity contribution in [3.05, 3.63) is 53.6 Å². The smallest absolute Gasteiger partial charge is 0.225 e. The van der Waals surface area contributed by atoms with Crippen LogP contribution in [0.15, 0.2) is 47.2 Å². The maximum atomic E-state index is 6.04. The van der Waals surface area contributed by atoms with Gasteiger partial charge in [0.25, 0.3) is 0 Å². The zero-order valence-electron chi connectivity index (χ0n) is 9.32. The van der Waals surface area contributed by atoms with Crippen LogP contribution in [0.1, 0.15) is 5.69 Å². The van der Waals surface area contributed by atoms with Crippen LogP contribution in [-0.2, 0) is 6.54 Å². The van der Waals surface area contributed by atoms with Gasteiger partial charge < -0.3 is 4.52 Å². The van der Waals surface area contributed by atoms with Gasteiger partial charge in [-0.05, 0) is 11.6 Å². The lowest BCUT2D eigenvalue weighted by atomic mass is 10.2. The van der Waals surface area contributed by atoms with Crippen molar-refractivity contribution in [3.63, 3.8) is 0 Å². The zero-order chi connectivity index (χ0) is 12.4. The highest BCUT2D eigenvalue weighted by Gasteiger charge is 2.13. The standard InChI is InChI=1S/C12H9ClN4O/c13-12-15-14-11(9-4-2-1-3-5-9)17(12)8-10-6-7-18-16-10/h1-7H,8H2. The first-order valence-corrected chi connectivity index (χ1v) is 5.76. The molecule has 0 fully saturated rings. The van der Waals surface area contributed by atoms with E-state index in [1.165, 1.54) is 6.26 Å². The maximum absolute atomic E-state index is 6.04. The normalized spacial score (nSPS) is 10.7. The van der Waals surface area contributed by atoms with Gasteiger partial charge in [-0.25, -0.2) is 0 Å². The first kappa shape index (κ1) is 11.0. The molecule has 0 aliphatic rings. The highest BCUT2D eigenvalue weighted by molar-refractivity contribution is 6.28. The monoisotopic (exact) mass is 260 g/mol. The van der Waals surface area contributed by atoms with Gasteiger partial charge >= 0.3 is 0 Å². The SMILES string of the molecule is Clc1nnc(-c2ccccc2)n1Cc1ccon1. The fourth-order valence-corrected chi connectivity index (χ4v) is 1.88. The molecule has 0 unspecified atom stereocenters. The van der Waals surface area contributed by atoms with E-state index in [0.717, 1.165) is 11.3 Å². The molecule has 90 valence electrons. The number of aromatic nitrogens is 4. The van der Waals surface area contributed by atoms with Crippen molar-refractivity contribution in [1.29, 1.82) is 0 Å². The Hall–Kier alpha value is -2.14. The van der Waals surface area contributed by atoms with E-state index >= 15 is 0 Å². The number of rotatable bonds is 3. The molecule has 2 heterocycles. The van der Waals surface area contributed by atoms with Crippen molar-refractivity contribution >= 4 is 11.6 Å². The second-order valence-corrected chi connectivity index (χ2v) is 4.07. The summed E-state index contributed by atoms with van der Waals surface area (Å²) in [4.78, 5) is 0. The number of nitrogens with zero attached hydrogens (tertiary/aromatic N) is 4. The van der Waals surface area contributed by atoms with Crippen LogP contribution >= 0.6 is 11.6 Å². The van der Waals surface area contributed by atoms with Crippen molar-refractivity contribution in [3.8, 4) is 11.4 Å². The number of benzene rings is 1. The summed E-state index contributed by atoms with van der Waals surface area (Å²) in [5.41, 5.74) is 1.73. The van der Waals surface area contributed by atoms with Gasteiger partial charge in [0.1, 0.15) is 12.0 Å². The molecule has 3 aromatic rings. The van der Waals surface area contributed by atoms with E-state index in [2.05, 4.69) is 15.4 Å². The van der Waals surface area contributed by atoms with Gasteiger partial charge in [0.15, 0.2) is 5.82 Å². The Kier molecular flexibility index (Phi) is 2.82. The summed E-state index contributed by atoms with van der Waals surface area (Å²) in [5.74, 6) is 0.712. The van der Waals surface area contributed by atoms with E-state index in [-0.39, 0.29) is 0 Å². The quantitative estimate of drug-likeness (QED) is 0.726. The zero-order valence-corrected chi connectivity index (χ0v) is 10.1. The van der Waals surface area contributed by atoms with Gasteiger partial charge in [-0.15, -0.1) is 10.2 Å². The van der Waals surface area contributed by atoms with Crippen LogP contribution in [0.2, 0.25) is 5.28 Å². The van der Waals surface area contributed by atoms with Crippen molar-refractivity contribution in [2.24, 2.45) is 0 Å². The molecule has 0 saturated carbocycles.